The molecule has 1 amide bonds. The molecule has 2 N–H and O–H groups in total. The van der Waals surface area contributed by atoms with Crippen molar-refractivity contribution in [1.82, 2.24) is 10.2 Å². The Morgan fingerprint density at radius 3 is 2.58 bits per heavy atom. The first-order valence-corrected chi connectivity index (χ1v) is 8.97. The number of rotatable bonds is 7. The Kier molecular flexibility index (Phi) is 7.38. The molecule has 1 saturated carbocycles. The molecule has 0 radical (unpaired) electrons. The molecule has 0 atom stereocenters. The molecular formula is C19H29ClN2O2. The average Bonchev–Trinajstić information content (AvgIpc) is 3.37. The van der Waals surface area contributed by atoms with Crippen molar-refractivity contribution in [3.05, 3.63) is 29.8 Å². The van der Waals surface area contributed by atoms with Crippen molar-refractivity contribution in [2.24, 2.45) is 11.8 Å². The molecule has 0 bridgehead atoms. The standard InChI is InChI=1S/C19H28N2O2.ClH/c22-18-3-1-2-17(12-18)14-21(13-16-4-5-16)19(23)7-6-15-8-10-20-11-9-15;/h1-3,12,15-16,20,22H,4-11,13-14H2;1H. The highest BCUT2D eigenvalue weighted by Gasteiger charge is 2.27. The summed E-state index contributed by atoms with van der Waals surface area (Å²) in [6.07, 6.45) is 6.57. The summed E-state index contributed by atoms with van der Waals surface area (Å²) in [6.45, 7) is 3.68. The molecule has 24 heavy (non-hydrogen) atoms. The largest absolute Gasteiger partial charge is 0.508 e. The summed E-state index contributed by atoms with van der Waals surface area (Å²) in [5, 5.41) is 13.0. The van der Waals surface area contributed by atoms with E-state index in [1.54, 1.807) is 12.1 Å². The molecule has 0 spiro atoms. The average molecular weight is 353 g/mol. The van der Waals surface area contributed by atoms with Crippen LogP contribution >= 0.6 is 12.4 Å². The molecule has 1 aliphatic heterocycles. The van der Waals surface area contributed by atoms with E-state index in [2.05, 4.69) is 5.32 Å². The van der Waals surface area contributed by atoms with Gasteiger partial charge in [0.05, 0.1) is 0 Å². The van der Waals surface area contributed by atoms with Crippen LogP contribution in [0.1, 0.15) is 44.1 Å². The minimum absolute atomic E-state index is 0. The van der Waals surface area contributed by atoms with Crippen LogP contribution in [0.2, 0.25) is 0 Å². The highest BCUT2D eigenvalue weighted by molar-refractivity contribution is 5.85. The van der Waals surface area contributed by atoms with Crippen LogP contribution in [0, 0.1) is 11.8 Å². The van der Waals surface area contributed by atoms with E-state index in [1.165, 1.54) is 25.7 Å². The van der Waals surface area contributed by atoms with Crippen LogP contribution in [0.25, 0.3) is 0 Å². The van der Waals surface area contributed by atoms with E-state index >= 15 is 0 Å². The van der Waals surface area contributed by atoms with Gasteiger partial charge in [0, 0.05) is 19.5 Å². The van der Waals surface area contributed by atoms with Crippen LogP contribution in [0.15, 0.2) is 24.3 Å². The van der Waals surface area contributed by atoms with Gasteiger partial charge in [0.1, 0.15) is 5.75 Å². The summed E-state index contributed by atoms with van der Waals surface area (Å²) < 4.78 is 0. The van der Waals surface area contributed by atoms with Gasteiger partial charge >= 0.3 is 0 Å². The Labute approximate surface area is 151 Å². The summed E-state index contributed by atoms with van der Waals surface area (Å²) in [7, 11) is 0. The van der Waals surface area contributed by atoms with Crippen molar-refractivity contribution in [3.63, 3.8) is 0 Å². The summed E-state index contributed by atoms with van der Waals surface area (Å²) >= 11 is 0. The van der Waals surface area contributed by atoms with Gasteiger partial charge in [-0.1, -0.05) is 12.1 Å². The van der Waals surface area contributed by atoms with Gasteiger partial charge < -0.3 is 15.3 Å². The molecule has 1 saturated heterocycles. The molecular weight excluding hydrogens is 324 g/mol. The van der Waals surface area contributed by atoms with Crippen LogP contribution in [0.3, 0.4) is 0 Å². The van der Waals surface area contributed by atoms with Crippen LogP contribution in [0.5, 0.6) is 5.75 Å². The molecule has 0 aromatic heterocycles. The molecule has 4 nitrogen and oxygen atoms in total. The van der Waals surface area contributed by atoms with E-state index in [4.69, 9.17) is 0 Å². The summed E-state index contributed by atoms with van der Waals surface area (Å²) in [4.78, 5) is 14.7. The quantitative estimate of drug-likeness (QED) is 0.791. The second-order valence-corrected chi connectivity index (χ2v) is 7.12. The number of piperidine rings is 1. The van der Waals surface area contributed by atoms with E-state index in [0.29, 0.717) is 24.8 Å². The van der Waals surface area contributed by atoms with Gasteiger partial charge in [-0.05, 0) is 74.7 Å². The van der Waals surface area contributed by atoms with Crippen LogP contribution in [-0.4, -0.2) is 35.5 Å². The highest BCUT2D eigenvalue weighted by Crippen LogP contribution is 2.31. The second kappa shape index (κ2) is 9.28. The number of benzene rings is 1. The molecule has 1 aliphatic carbocycles. The number of nitrogens with zero attached hydrogens (tertiary/aromatic N) is 1. The van der Waals surface area contributed by atoms with Crippen molar-refractivity contribution in [3.8, 4) is 5.75 Å². The smallest absolute Gasteiger partial charge is 0.222 e. The fourth-order valence-corrected chi connectivity index (χ4v) is 3.40. The molecule has 0 unspecified atom stereocenters. The number of carbonyl (C=O) groups is 1. The van der Waals surface area contributed by atoms with Crippen molar-refractivity contribution in [1.29, 1.82) is 0 Å². The van der Waals surface area contributed by atoms with E-state index in [9.17, 15) is 9.90 Å². The molecule has 1 aromatic rings. The first kappa shape index (κ1) is 19.1. The fraction of sp³-hybridized carbons (Fsp3) is 0.632. The molecule has 5 heteroatoms. The fourth-order valence-electron chi connectivity index (χ4n) is 3.40. The molecule has 3 rings (SSSR count). The summed E-state index contributed by atoms with van der Waals surface area (Å²) in [5.41, 5.74) is 1.01. The minimum Gasteiger partial charge on any atom is -0.508 e. The Balaban J connectivity index is 0.00000208. The second-order valence-electron chi connectivity index (χ2n) is 7.12. The van der Waals surface area contributed by atoms with Crippen molar-refractivity contribution >= 4 is 18.3 Å². The molecule has 2 aliphatic rings. The van der Waals surface area contributed by atoms with Gasteiger partial charge in [0.15, 0.2) is 0 Å². The van der Waals surface area contributed by atoms with E-state index in [-0.39, 0.29) is 24.1 Å². The number of halogens is 1. The number of phenolic OH excluding ortho intramolecular Hbond substituents is 1. The van der Waals surface area contributed by atoms with Crippen molar-refractivity contribution in [2.75, 3.05) is 19.6 Å². The number of nitrogens with one attached hydrogen (secondary N) is 1. The Morgan fingerprint density at radius 1 is 1.17 bits per heavy atom. The van der Waals surface area contributed by atoms with Gasteiger partial charge in [0.2, 0.25) is 5.91 Å². The number of hydrogen-bond donors (Lipinski definition) is 2. The SMILES string of the molecule is Cl.O=C(CCC1CCNCC1)N(Cc1cccc(O)c1)CC1CC1. The number of hydrogen-bond acceptors (Lipinski definition) is 3. The lowest BCUT2D eigenvalue weighted by Crippen LogP contribution is -2.33. The zero-order valence-electron chi connectivity index (χ0n) is 14.2. The zero-order chi connectivity index (χ0) is 16.1. The lowest BCUT2D eigenvalue weighted by atomic mass is 9.93. The summed E-state index contributed by atoms with van der Waals surface area (Å²) in [5.74, 6) is 1.94. The highest BCUT2D eigenvalue weighted by atomic mass is 35.5. The number of phenols is 1. The van der Waals surface area contributed by atoms with Gasteiger partial charge in [-0.3, -0.25) is 4.79 Å². The Bertz CT molecular complexity index is 528. The predicted molar refractivity (Wildman–Crippen MR) is 98.3 cm³/mol. The third-order valence-electron chi connectivity index (χ3n) is 5.04. The van der Waals surface area contributed by atoms with Gasteiger partial charge in [-0.2, -0.15) is 0 Å². The number of carbonyl (C=O) groups excluding carboxylic acids is 1. The monoisotopic (exact) mass is 352 g/mol. The van der Waals surface area contributed by atoms with Crippen LogP contribution in [-0.2, 0) is 11.3 Å². The molecule has 1 heterocycles. The van der Waals surface area contributed by atoms with Crippen molar-refractivity contribution in [2.45, 2.75) is 45.1 Å². The Hall–Kier alpha value is -1.26. The van der Waals surface area contributed by atoms with Crippen LogP contribution < -0.4 is 5.32 Å². The number of amides is 1. The third-order valence-corrected chi connectivity index (χ3v) is 5.04. The van der Waals surface area contributed by atoms with Gasteiger partial charge in [-0.15, -0.1) is 12.4 Å². The van der Waals surface area contributed by atoms with Gasteiger partial charge in [-0.25, -0.2) is 0 Å². The maximum Gasteiger partial charge on any atom is 0.222 e. The lowest BCUT2D eigenvalue weighted by Gasteiger charge is -2.26. The number of aromatic hydroxyl groups is 1. The van der Waals surface area contributed by atoms with E-state index < -0.39 is 0 Å². The van der Waals surface area contributed by atoms with E-state index in [1.807, 2.05) is 17.0 Å². The predicted octanol–water partition coefficient (Wildman–Crippen LogP) is 3.33. The maximum atomic E-state index is 12.7. The summed E-state index contributed by atoms with van der Waals surface area (Å²) in [6, 6.07) is 7.27. The van der Waals surface area contributed by atoms with Gasteiger partial charge in [0.25, 0.3) is 0 Å². The van der Waals surface area contributed by atoms with Crippen LogP contribution in [0.4, 0.5) is 0 Å². The molecule has 2 fully saturated rings. The molecule has 134 valence electrons. The van der Waals surface area contributed by atoms with E-state index in [0.717, 1.165) is 31.6 Å². The first-order chi connectivity index (χ1) is 11.2. The molecule has 1 aromatic carbocycles. The third kappa shape index (κ3) is 5.99. The van der Waals surface area contributed by atoms with Crippen molar-refractivity contribution < 1.29 is 9.90 Å². The lowest BCUT2D eigenvalue weighted by molar-refractivity contribution is -0.132. The maximum absolute atomic E-state index is 12.7. The first-order valence-electron chi connectivity index (χ1n) is 8.97. The normalized spacial score (nSPS) is 18.0. The topological polar surface area (TPSA) is 52.6 Å². The minimum atomic E-state index is 0. The zero-order valence-corrected chi connectivity index (χ0v) is 15.1. The Morgan fingerprint density at radius 2 is 1.92 bits per heavy atom.